The van der Waals surface area contributed by atoms with Gasteiger partial charge in [-0.2, -0.15) is 0 Å². The van der Waals surface area contributed by atoms with Crippen molar-refractivity contribution in [2.45, 2.75) is 18.9 Å². The summed E-state index contributed by atoms with van der Waals surface area (Å²) < 4.78 is 6.20. The Morgan fingerprint density at radius 3 is 2.89 bits per heavy atom. The maximum atomic E-state index is 11.6. The molecule has 19 heavy (non-hydrogen) atoms. The molecule has 0 bridgehead atoms. The number of nitrogens with one attached hydrogen (secondary N) is 2. The lowest BCUT2D eigenvalue weighted by atomic mass is 10.2. The molecule has 1 aromatic rings. The van der Waals surface area contributed by atoms with Crippen LogP contribution in [0.3, 0.4) is 0 Å². The molecule has 0 aliphatic carbocycles. The summed E-state index contributed by atoms with van der Waals surface area (Å²) >= 11 is 3.30. The summed E-state index contributed by atoms with van der Waals surface area (Å²) in [5.74, 6) is -1.31. The van der Waals surface area contributed by atoms with Crippen molar-refractivity contribution in [2.75, 3.05) is 18.5 Å². The van der Waals surface area contributed by atoms with E-state index in [1.807, 2.05) is 6.07 Å². The van der Waals surface area contributed by atoms with Crippen LogP contribution >= 0.6 is 15.9 Å². The predicted octanol–water partition coefficient (Wildman–Crippen LogP) is 1.68. The molecule has 1 heterocycles. The van der Waals surface area contributed by atoms with E-state index in [4.69, 9.17) is 4.74 Å². The fraction of sp³-hybridized carbons (Fsp3) is 0.385. The van der Waals surface area contributed by atoms with Gasteiger partial charge in [0.05, 0.1) is 6.10 Å². The minimum atomic E-state index is -0.670. The van der Waals surface area contributed by atoms with E-state index in [9.17, 15) is 9.59 Å². The highest BCUT2D eigenvalue weighted by Crippen LogP contribution is 2.15. The van der Waals surface area contributed by atoms with Gasteiger partial charge < -0.3 is 15.4 Å². The van der Waals surface area contributed by atoms with Gasteiger partial charge in [-0.25, -0.2) is 0 Å². The summed E-state index contributed by atoms with van der Waals surface area (Å²) in [7, 11) is 0. The summed E-state index contributed by atoms with van der Waals surface area (Å²) in [4.78, 5) is 23.2. The zero-order valence-electron chi connectivity index (χ0n) is 10.3. The highest BCUT2D eigenvalue weighted by atomic mass is 79.9. The minimum absolute atomic E-state index is 0.0302. The molecular weight excluding hydrogens is 312 g/mol. The van der Waals surface area contributed by atoms with E-state index in [-0.39, 0.29) is 6.10 Å². The Morgan fingerprint density at radius 1 is 1.37 bits per heavy atom. The van der Waals surface area contributed by atoms with Crippen molar-refractivity contribution in [3.05, 3.63) is 28.7 Å². The number of halogens is 1. The number of hydrogen-bond donors (Lipinski definition) is 2. The third-order valence-electron chi connectivity index (χ3n) is 2.80. The fourth-order valence-electron chi connectivity index (χ4n) is 1.85. The Hall–Kier alpha value is -1.40. The van der Waals surface area contributed by atoms with E-state index in [1.54, 1.807) is 18.2 Å². The zero-order valence-corrected chi connectivity index (χ0v) is 11.9. The number of benzene rings is 1. The molecule has 2 N–H and O–H groups in total. The van der Waals surface area contributed by atoms with Gasteiger partial charge in [0, 0.05) is 23.3 Å². The van der Waals surface area contributed by atoms with Crippen molar-refractivity contribution in [3.63, 3.8) is 0 Å². The summed E-state index contributed by atoms with van der Waals surface area (Å²) in [6.07, 6.45) is 1.96. The second kappa shape index (κ2) is 6.68. The topological polar surface area (TPSA) is 67.4 Å². The SMILES string of the molecule is O=C(NC[C@H]1CCCO1)C(=O)Nc1cccc(Br)c1. The van der Waals surface area contributed by atoms with Crippen LogP contribution in [0.15, 0.2) is 28.7 Å². The molecule has 0 aromatic heterocycles. The molecule has 1 saturated heterocycles. The van der Waals surface area contributed by atoms with Crippen LogP contribution in [0.25, 0.3) is 0 Å². The van der Waals surface area contributed by atoms with Gasteiger partial charge in [0.1, 0.15) is 0 Å². The maximum absolute atomic E-state index is 11.6. The van der Waals surface area contributed by atoms with Gasteiger partial charge in [0.2, 0.25) is 0 Å². The van der Waals surface area contributed by atoms with E-state index in [2.05, 4.69) is 26.6 Å². The lowest BCUT2D eigenvalue weighted by Gasteiger charge is -2.10. The monoisotopic (exact) mass is 326 g/mol. The lowest BCUT2D eigenvalue weighted by Crippen LogP contribution is -2.39. The predicted molar refractivity (Wildman–Crippen MR) is 74.8 cm³/mol. The third-order valence-corrected chi connectivity index (χ3v) is 3.30. The lowest BCUT2D eigenvalue weighted by molar-refractivity contribution is -0.136. The zero-order chi connectivity index (χ0) is 13.7. The number of amides is 2. The van der Waals surface area contributed by atoms with Crippen LogP contribution in [0.2, 0.25) is 0 Å². The number of rotatable bonds is 3. The molecule has 1 aromatic carbocycles. The normalized spacial score (nSPS) is 18.1. The van der Waals surface area contributed by atoms with Crippen LogP contribution in [0, 0.1) is 0 Å². The second-order valence-electron chi connectivity index (χ2n) is 4.31. The van der Waals surface area contributed by atoms with Crippen molar-refractivity contribution < 1.29 is 14.3 Å². The molecular formula is C13H15BrN2O3. The molecule has 1 aliphatic heterocycles. The highest BCUT2D eigenvalue weighted by Gasteiger charge is 2.19. The molecule has 1 aliphatic rings. The first-order chi connectivity index (χ1) is 9.15. The highest BCUT2D eigenvalue weighted by molar-refractivity contribution is 9.10. The van der Waals surface area contributed by atoms with Gasteiger partial charge in [0.15, 0.2) is 0 Å². The Kier molecular flexibility index (Phi) is 4.93. The first-order valence-electron chi connectivity index (χ1n) is 6.11. The molecule has 0 unspecified atom stereocenters. The molecule has 5 nitrogen and oxygen atoms in total. The van der Waals surface area contributed by atoms with E-state index in [0.29, 0.717) is 12.2 Å². The van der Waals surface area contributed by atoms with Crippen molar-refractivity contribution in [3.8, 4) is 0 Å². The van der Waals surface area contributed by atoms with Crippen molar-refractivity contribution in [1.82, 2.24) is 5.32 Å². The van der Waals surface area contributed by atoms with Crippen molar-refractivity contribution in [2.24, 2.45) is 0 Å². The number of anilines is 1. The Balaban J connectivity index is 1.80. The van der Waals surface area contributed by atoms with Crippen molar-refractivity contribution in [1.29, 1.82) is 0 Å². The molecule has 102 valence electrons. The summed E-state index contributed by atoms with van der Waals surface area (Å²) in [6, 6.07) is 7.07. The standard InChI is InChI=1S/C13H15BrN2O3/c14-9-3-1-4-10(7-9)16-13(18)12(17)15-8-11-5-2-6-19-11/h1,3-4,7,11H,2,5-6,8H2,(H,15,17)(H,16,18)/t11-/m1/s1. The average molecular weight is 327 g/mol. The minimum Gasteiger partial charge on any atom is -0.376 e. The van der Waals surface area contributed by atoms with Crippen LogP contribution in [-0.4, -0.2) is 31.1 Å². The Morgan fingerprint density at radius 2 is 2.21 bits per heavy atom. The van der Waals surface area contributed by atoms with Crippen molar-refractivity contribution >= 4 is 33.4 Å². The maximum Gasteiger partial charge on any atom is 0.313 e. The van der Waals surface area contributed by atoms with Gasteiger partial charge in [-0.05, 0) is 31.0 Å². The molecule has 2 amide bonds. The van der Waals surface area contributed by atoms with Crippen LogP contribution in [-0.2, 0) is 14.3 Å². The first-order valence-corrected chi connectivity index (χ1v) is 6.91. The Bertz CT molecular complexity index is 473. The smallest absolute Gasteiger partial charge is 0.313 e. The van der Waals surface area contributed by atoms with Crippen LogP contribution in [0.1, 0.15) is 12.8 Å². The van der Waals surface area contributed by atoms with Crippen LogP contribution in [0.4, 0.5) is 5.69 Å². The molecule has 0 saturated carbocycles. The molecule has 1 atom stereocenters. The van der Waals surface area contributed by atoms with Crippen LogP contribution in [0.5, 0.6) is 0 Å². The summed E-state index contributed by atoms with van der Waals surface area (Å²) in [5.41, 5.74) is 0.576. The van der Waals surface area contributed by atoms with Gasteiger partial charge in [-0.15, -0.1) is 0 Å². The average Bonchev–Trinajstić information content (AvgIpc) is 2.89. The number of hydrogen-bond acceptors (Lipinski definition) is 3. The quantitative estimate of drug-likeness (QED) is 0.830. The summed E-state index contributed by atoms with van der Waals surface area (Å²) in [6.45, 7) is 1.11. The largest absolute Gasteiger partial charge is 0.376 e. The molecule has 1 fully saturated rings. The van der Waals surface area contributed by atoms with Gasteiger partial charge in [-0.3, -0.25) is 9.59 Å². The number of carbonyl (C=O) groups is 2. The van der Waals surface area contributed by atoms with Gasteiger partial charge in [-0.1, -0.05) is 22.0 Å². The Labute approximate surface area is 119 Å². The van der Waals surface area contributed by atoms with Crippen LogP contribution < -0.4 is 10.6 Å². The number of carbonyl (C=O) groups excluding carboxylic acids is 2. The molecule has 6 heteroatoms. The molecule has 0 spiro atoms. The first kappa shape index (κ1) is 14.0. The fourth-order valence-corrected chi connectivity index (χ4v) is 2.25. The van der Waals surface area contributed by atoms with E-state index in [1.165, 1.54) is 0 Å². The molecule has 0 radical (unpaired) electrons. The van der Waals surface area contributed by atoms with E-state index >= 15 is 0 Å². The van der Waals surface area contributed by atoms with E-state index in [0.717, 1.165) is 23.9 Å². The number of ether oxygens (including phenoxy) is 1. The molecule has 2 rings (SSSR count). The second-order valence-corrected chi connectivity index (χ2v) is 5.23. The third kappa shape index (κ3) is 4.33. The summed E-state index contributed by atoms with van der Waals surface area (Å²) in [5, 5.41) is 5.11. The van der Waals surface area contributed by atoms with Gasteiger partial charge in [0.25, 0.3) is 0 Å². The van der Waals surface area contributed by atoms with Gasteiger partial charge >= 0.3 is 11.8 Å². The van der Waals surface area contributed by atoms with E-state index < -0.39 is 11.8 Å².